The van der Waals surface area contributed by atoms with Gasteiger partial charge in [0.25, 0.3) is 0 Å². The van der Waals surface area contributed by atoms with Gasteiger partial charge in [0.05, 0.1) is 12.5 Å². The molecule has 5 unspecified atom stereocenters. The van der Waals surface area contributed by atoms with Crippen LogP contribution in [-0.4, -0.2) is 30.1 Å². The fourth-order valence-electron chi connectivity index (χ4n) is 11.0. The Labute approximate surface area is 212 Å². The van der Waals surface area contributed by atoms with Gasteiger partial charge in [0.2, 0.25) is 0 Å². The van der Waals surface area contributed by atoms with Crippen LogP contribution in [0, 0.1) is 56.2 Å². The summed E-state index contributed by atoms with van der Waals surface area (Å²) < 4.78 is 5.42. The third-order valence-electron chi connectivity index (χ3n) is 12.9. The number of fused-ring (bicyclic) bond motifs is 7. The Morgan fingerprint density at radius 1 is 0.971 bits per heavy atom. The van der Waals surface area contributed by atoms with Gasteiger partial charge < -0.3 is 9.84 Å². The van der Waals surface area contributed by atoms with Crippen molar-refractivity contribution in [3.63, 3.8) is 0 Å². The van der Waals surface area contributed by atoms with Gasteiger partial charge >= 0.3 is 5.97 Å². The molecule has 5 aliphatic carbocycles. The molecule has 5 aliphatic rings. The molecule has 0 aromatic carbocycles. The highest BCUT2D eigenvalue weighted by molar-refractivity contribution is 5.89. The number of carbonyl (C=O) groups is 2. The number of rotatable bonds is 1. The van der Waals surface area contributed by atoms with Crippen molar-refractivity contribution in [3.05, 3.63) is 12.2 Å². The molecule has 35 heavy (non-hydrogen) atoms. The molecule has 0 radical (unpaired) electrons. The zero-order chi connectivity index (χ0) is 25.8. The number of hydrogen-bond acceptors (Lipinski definition) is 4. The van der Waals surface area contributed by atoms with Gasteiger partial charge in [-0.2, -0.15) is 0 Å². The smallest absolute Gasteiger partial charge is 0.312 e. The number of aliphatic hydroxyl groups is 1. The van der Waals surface area contributed by atoms with Crippen LogP contribution < -0.4 is 0 Å². The highest BCUT2D eigenvalue weighted by Gasteiger charge is 2.74. The normalized spacial score (nSPS) is 51.9. The number of allylic oxidation sites excluding steroid dienone is 2. The second-order valence-corrected chi connectivity index (χ2v) is 15.3. The van der Waals surface area contributed by atoms with E-state index >= 15 is 0 Å². The van der Waals surface area contributed by atoms with Gasteiger partial charge in [-0.15, -0.1) is 0 Å². The second kappa shape index (κ2) is 7.45. The zero-order valence-electron chi connectivity index (χ0n) is 23.4. The minimum atomic E-state index is -1.01. The number of ether oxygens (including phenoxy) is 1. The molecule has 196 valence electrons. The SMILES string of the molecule is COC(=O)[C@]12CCC(C)(C)CC1C1C(O)C(=O)C3[C@@]4(C)CC=CC(C)(C)C4CC[C@@]3(C)[C@]1(C)CC2. The molecule has 0 heterocycles. The third kappa shape index (κ3) is 3.07. The lowest BCUT2D eigenvalue weighted by Crippen LogP contribution is -2.72. The number of ketones is 1. The maximum absolute atomic E-state index is 14.4. The molecule has 4 heteroatoms. The monoisotopic (exact) mass is 484 g/mol. The Bertz CT molecular complexity index is 963. The van der Waals surface area contributed by atoms with E-state index in [-0.39, 0.29) is 56.6 Å². The minimum absolute atomic E-state index is 0.0256. The quantitative estimate of drug-likeness (QED) is 0.348. The standard InChI is InChI=1S/C31H48O4/c1-26(2)14-16-31(25(34)35-8)17-15-29(6)21(19(31)18-26)22(32)23(33)24-28(5)12-9-11-27(3,4)20(28)10-13-30(24,29)7/h9,11,19-22,24,32H,10,12-18H2,1-8H3/t19?,20?,21?,22?,24?,28-,29+,30+,31-/m0/s1. The van der Waals surface area contributed by atoms with Crippen LogP contribution in [0.25, 0.3) is 0 Å². The average molecular weight is 485 g/mol. The molecule has 0 aliphatic heterocycles. The molecular formula is C31H48O4. The highest BCUT2D eigenvalue weighted by atomic mass is 16.5. The first-order chi connectivity index (χ1) is 16.1. The number of Topliss-reactive ketones (excluding diaryl/α,β-unsaturated/α-hetero) is 1. The first-order valence-corrected chi connectivity index (χ1v) is 14.1. The lowest BCUT2D eigenvalue weighted by atomic mass is 9.31. The largest absolute Gasteiger partial charge is 0.469 e. The first kappa shape index (κ1) is 25.5. The van der Waals surface area contributed by atoms with E-state index in [0.29, 0.717) is 5.92 Å². The van der Waals surface area contributed by atoms with Crippen molar-refractivity contribution in [2.45, 2.75) is 106 Å². The summed E-state index contributed by atoms with van der Waals surface area (Å²) in [6, 6.07) is 0. The van der Waals surface area contributed by atoms with Gasteiger partial charge in [0.15, 0.2) is 5.78 Å². The number of esters is 1. The van der Waals surface area contributed by atoms with Gasteiger partial charge in [-0.05, 0) is 90.3 Å². The van der Waals surface area contributed by atoms with Crippen molar-refractivity contribution in [1.29, 1.82) is 0 Å². The Morgan fingerprint density at radius 3 is 2.29 bits per heavy atom. The molecule has 0 amide bonds. The fraction of sp³-hybridized carbons (Fsp3) is 0.871. The fourth-order valence-corrected chi connectivity index (χ4v) is 11.0. The van der Waals surface area contributed by atoms with E-state index in [9.17, 15) is 14.7 Å². The van der Waals surface area contributed by atoms with E-state index in [2.05, 4.69) is 60.6 Å². The van der Waals surface area contributed by atoms with E-state index in [4.69, 9.17) is 4.74 Å². The third-order valence-corrected chi connectivity index (χ3v) is 12.9. The van der Waals surface area contributed by atoms with Crippen LogP contribution in [0.5, 0.6) is 0 Å². The summed E-state index contributed by atoms with van der Waals surface area (Å²) in [5.74, 6) is -0.0188. The molecule has 0 aromatic heterocycles. The van der Waals surface area contributed by atoms with Crippen LogP contribution in [0.15, 0.2) is 12.2 Å². The van der Waals surface area contributed by atoms with Crippen molar-refractivity contribution in [1.82, 2.24) is 0 Å². The Balaban J connectivity index is 1.65. The van der Waals surface area contributed by atoms with Crippen LogP contribution in [0.3, 0.4) is 0 Å². The molecule has 4 saturated carbocycles. The van der Waals surface area contributed by atoms with Crippen LogP contribution in [-0.2, 0) is 14.3 Å². The van der Waals surface area contributed by atoms with Crippen LogP contribution in [0.1, 0.15) is 99.8 Å². The van der Waals surface area contributed by atoms with Crippen molar-refractivity contribution < 1.29 is 19.4 Å². The topological polar surface area (TPSA) is 63.6 Å². The van der Waals surface area contributed by atoms with Gasteiger partial charge in [-0.3, -0.25) is 9.59 Å². The zero-order valence-corrected chi connectivity index (χ0v) is 23.4. The number of aliphatic hydroxyl groups excluding tert-OH is 1. The predicted molar refractivity (Wildman–Crippen MR) is 137 cm³/mol. The van der Waals surface area contributed by atoms with Gasteiger partial charge in [-0.25, -0.2) is 0 Å². The lowest BCUT2D eigenvalue weighted by molar-refractivity contribution is -0.252. The summed E-state index contributed by atoms with van der Waals surface area (Å²) in [5, 5.41) is 12.0. The van der Waals surface area contributed by atoms with E-state index in [0.717, 1.165) is 51.4 Å². The molecule has 9 atom stereocenters. The summed E-state index contributed by atoms with van der Waals surface area (Å²) in [4.78, 5) is 27.8. The summed E-state index contributed by atoms with van der Waals surface area (Å²) in [5.41, 5.74) is -0.972. The Morgan fingerprint density at radius 2 is 1.63 bits per heavy atom. The predicted octanol–water partition coefficient (Wildman–Crippen LogP) is 6.36. The number of methoxy groups -OCH3 is 1. The Hall–Kier alpha value is -1.16. The molecule has 0 saturated heterocycles. The highest BCUT2D eigenvalue weighted by Crippen LogP contribution is 2.75. The number of hydrogen-bond donors (Lipinski definition) is 1. The van der Waals surface area contributed by atoms with Crippen molar-refractivity contribution in [2.75, 3.05) is 7.11 Å². The number of carbonyl (C=O) groups excluding carboxylic acids is 2. The van der Waals surface area contributed by atoms with E-state index in [1.165, 1.54) is 7.11 Å². The van der Waals surface area contributed by atoms with Gasteiger partial charge in [0.1, 0.15) is 6.10 Å². The minimum Gasteiger partial charge on any atom is -0.469 e. The maximum Gasteiger partial charge on any atom is 0.312 e. The van der Waals surface area contributed by atoms with Gasteiger partial charge in [-0.1, -0.05) is 60.6 Å². The van der Waals surface area contributed by atoms with Crippen LogP contribution >= 0.6 is 0 Å². The van der Waals surface area contributed by atoms with Crippen molar-refractivity contribution >= 4 is 11.8 Å². The average Bonchev–Trinajstić information content (AvgIpc) is 2.75. The molecule has 0 aromatic rings. The second-order valence-electron chi connectivity index (χ2n) is 15.3. The van der Waals surface area contributed by atoms with E-state index in [1.807, 2.05) is 0 Å². The molecule has 4 nitrogen and oxygen atoms in total. The summed E-state index contributed by atoms with van der Waals surface area (Å²) in [6.07, 6.45) is 11.0. The molecule has 4 fully saturated rings. The van der Waals surface area contributed by atoms with E-state index in [1.54, 1.807) is 0 Å². The lowest BCUT2D eigenvalue weighted by Gasteiger charge is -2.72. The molecule has 1 N–H and O–H groups in total. The van der Waals surface area contributed by atoms with Gasteiger partial charge in [0, 0.05) is 11.8 Å². The summed E-state index contributed by atoms with van der Waals surface area (Å²) in [6.45, 7) is 16.3. The first-order valence-electron chi connectivity index (χ1n) is 14.1. The summed E-state index contributed by atoms with van der Waals surface area (Å²) >= 11 is 0. The summed E-state index contributed by atoms with van der Waals surface area (Å²) in [7, 11) is 1.50. The van der Waals surface area contributed by atoms with Crippen LogP contribution in [0.4, 0.5) is 0 Å². The van der Waals surface area contributed by atoms with Crippen molar-refractivity contribution in [2.24, 2.45) is 56.2 Å². The van der Waals surface area contributed by atoms with E-state index < -0.39 is 11.5 Å². The maximum atomic E-state index is 14.4. The molecule has 0 bridgehead atoms. The van der Waals surface area contributed by atoms with Crippen LogP contribution in [0.2, 0.25) is 0 Å². The molecule has 5 rings (SSSR count). The molecule has 0 spiro atoms. The van der Waals surface area contributed by atoms with Crippen molar-refractivity contribution in [3.8, 4) is 0 Å². The molecular weight excluding hydrogens is 436 g/mol. The Kier molecular flexibility index (Phi) is 5.43.